The normalized spacial score (nSPS) is 47.7. The molecule has 0 N–H and O–H groups in total. The summed E-state index contributed by atoms with van der Waals surface area (Å²) in [5.74, 6) is 7.20. The molecule has 4 fully saturated rings. The van der Waals surface area contributed by atoms with Gasteiger partial charge in [-0.2, -0.15) is 0 Å². The molecule has 0 amide bonds. The molecule has 4 aliphatic rings. The summed E-state index contributed by atoms with van der Waals surface area (Å²) >= 11 is 0. The summed E-state index contributed by atoms with van der Waals surface area (Å²) in [6, 6.07) is 0. The van der Waals surface area contributed by atoms with Crippen LogP contribution in [0.25, 0.3) is 0 Å². The monoisotopic (exact) mass is 386 g/mol. The van der Waals surface area contributed by atoms with Crippen LogP contribution in [0.5, 0.6) is 0 Å². The summed E-state index contributed by atoms with van der Waals surface area (Å²) in [7, 11) is 0. The fraction of sp³-hybridized carbons (Fsp3) is 1.00. The highest BCUT2D eigenvalue weighted by molar-refractivity contribution is 5.09. The van der Waals surface area contributed by atoms with Crippen molar-refractivity contribution >= 4 is 0 Å². The van der Waals surface area contributed by atoms with Crippen molar-refractivity contribution in [2.45, 2.75) is 125 Å². The maximum atomic E-state index is 2.76. The highest BCUT2D eigenvalue weighted by Gasteiger charge is 2.59. The third-order valence-electron chi connectivity index (χ3n) is 11.4. The zero-order valence-electron chi connectivity index (χ0n) is 19.9. The van der Waals surface area contributed by atoms with E-state index in [0.29, 0.717) is 10.8 Å². The molecule has 4 aliphatic carbocycles. The first kappa shape index (κ1) is 21.2. The Kier molecular flexibility index (Phi) is 6.27. The van der Waals surface area contributed by atoms with E-state index in [4.69, 9.17) is 0 Å². The van der Waals surface area contributed by atoms with E-state index in [1.807, 2.05) is 0 Å². The molecule has 0 radical (unpaired) electrons. The molecular weight excluding hydrogens is 336 g/mol. The van der Waals surface area contributed by atoms with Crippen molar-refractivity contribution in [2.75, 3.05) is 0 Å². The van der Waals surface area contributed by atoms with Crippen LogP contribution in [-0.2, 0) is 0 Å². The second-order valence-corrected chi connectivity index (χ2v) is 12.6. The topological polar surface area (TPSA) is 0 Å². The predicted molar refractivity (Wildman–Crippen MR) is 122 cm³/mol. The molecule has 9 atom stereocenters. The van der Waals surface area contributed by atoms with Gasteiger partial charge in [0.1, 0.15) is 0 Å². The van der Waals surface area contributed by atoms with Gasteiger partial charge in [0.05, 0.1) is 0 Å². The smallest absolute Gasteiger partial charge is 0.0264 e. The third-order valence-corrected chi connectivity index (χ3v) is 11.4. The van der Waals surface area contributed by atoms with Crippen molar-refractivity contribution in [3.63, 3.8) is 0 Å². The van der Waals surface area contributed by atoms with Crippen molar-refractivity contribution in [3.8, 4) is 0 Å². The Bertz CT molecular complexity index is 522. The van der Waals surface area contributed by atoms with E-state index in [1.165, 1.54) is 38.5 Å². The molecule has 162 valence electrons. The Morgan fingerprint density at radius 2 is 1.57 bits per heavy atom. The Labute approximate surface area is 177 Å². The molecule has 0 aromatic heterocycles. The molecule has 0 heterocycles. The van der Waals surface area contributed by atoms with E-state index in [0.717, 1.165) is 41.4 Å². The molecule has 2 unspecified atom stereocenters. The second kappa shape index (κ2) is 8.26. The highest BCUT2D eigenvalue weighted by Crippen LogP contribution is 2.68. The molecule has 0 aliphatic heterocycles. The van der Waals surface area contributed by atoms with Crippen LogP contribution in [0.2, 0.25) is 0 Å². The fourth-order valence-electron chi connectivity index (χ4n) is 9.46. The lowest BCUT2D eigenvalue weighted by molar-refractivity contribution is -0.114. The van der Waals surface area contributed by atoms with E-state index >= 15 is 0 Å². The van der Waals surface area contributed by atoms with Crippen molar-refractivity contribution in [1.82, 2.24) is 0 Å². The van der Waals surface area contributed by atoms with Gasteiger partial charge in [0.15, 0.2) is 0 Å². The molecule has 0 aromatic rings. The van der Waals surface area contributed by atoms with Crippen molar-refractivity contribution in [1.29, 1.82) is 0 Å². The largest absolute Gasteiger partial charge is 0.0651 e. The molecule has 0 bridgehead atoms. The van der Waals surface area contributed by atoms with Crippen LogP contribution in [0.1, 0.15) is 125 Å². The first-order chi connectivity index (χ1) is 13.4. The van der Waals surface area contributed by atoms with Crippen LogP contribution < -0.4 is 0 Å². The lowest BCUT2D eigenvalue weighted by Crippen LogP contribution is -2.53. The summed E-state index contributed by atoms with van der Waals surface area (Å²) in [5, 5.41) is 0. The second-order valence-electron chi connectivity index (χ2n) is 12.6. The number of rotatable bonds is 6. The summed E-state index contributed by atoms with van der Waals surface area (Å²) in [5.41, 5.74) is 1.39. The average molecular weight is 387 g/mol. The SMILES string of the molecule is CCC(C)CCC[C@@H](C)[C@H]1CC[C@H]2[C@@H]3CCC4CCCC[C@]4(C)[C@H]3CC[C@]12C. The Morgan fingerprint density at radius 3 is 2.36 bits per heavy atom. The Hall–Kier alpha value is 0. The summed E-state index contributed by atoms with van der Waals surface area (Å²) in [4.78, 5) is 0. The molecule has 4 rings (SSSR count). The van der Waals surface area contributed by atoms with Crippen molar-refractivity contribution in [3.05, 3.63) is 0 Å². The van der Waals surface area contributed by atoms with Gasteiger partial charge in [-0.1, -0.05) is 73.1 Å². The van der Waals surface area contributed by atoms with E-state index < -0.39 is 0 Å². The van der Waals surface area contributed by atoms with Crippen molar-refractivity contribution < 1.29 is 0 Å². The first-order valence-corrected chi connectivity index (χ1v) is 13.4. The quantitative estimate of drug-likeness (QED) is 0.427. The van der Waals surface area contributed by atoms with Crippen molar-refractivity contribution in [2.24, 2.45) is 52.3 Å². The third kappa shape index (κ3) is 3.51. The average Bonchev–Trinajstić information content (AvgIpc) is 3.04. The predicted octanol–water partition coefficient (Wildman–Crippen LogP) is 8.89. The van der Waals surface area contributed by atoms with Gasteiger partial charge >= 0.3 is 0 Å². The zero-order chi connectivity index (χ0) is 19.9. The van der Waals surface area contributed by atoms with Crippen LogP contribution >= 0.6 is 0 Å². The van der Waals surface area contributed by atoms with Crippen LogP contribution in [0.15, 0.2) is 0 Å². The molecule has 28 heavy (non-hydrogen) atoms. The van der Waals surface area contributed by atoms with Crippen LogP contribution in [-0.4, -0.2) is 0 Å². The van der Waals surface area contributed by atoms with Crippen LogP contribution in [0, 0.1) is 52.3 Å². The summed E-state index contributed by atoms with van der Waals surface area (Å²) in [6.07, 6.45) is 21.3. The lowest BCUT2D eigenvalue weighted by atomic mass is 9.44. The minimum absolute atomic E-state index is 0.675. The molecular formula is C28H50. The van der Waals surface area contributed by atoms with Gasteiger partial charge in [-0.25, -0.2) is 0 Å². The highest BCUT2D eigenvalue weighted by atomic mass is 14.6. The first-order valence-electron chi connectivity index (χ1n) is 13.4. The van der Waals surface area contributed by atoms with E-state index in [2.05, 4.69) is 34.6 Å². The van der Waals surface area contributed by atoms with E-state index in [-0.39, 0.29) is 0 Å². The molecule has 0 nitrogen and oxygen atoms in total. The van der Waals surface area contributed by atoms with Crippen LogP contribution in [0.4, 0.5) is 0 Å². The zero-order valence-corrected chi connectivity index (χ0v) is 19.9. The minimum atomic E-state index is 0.675. The maximum Gasteiger partial charge on any atom is -0.0264 e. The van der Waals surface area contributed by atoms with Gasteiger partial charge in [-0.3, -0.25) is 0 Å². The number of fused-ring (bicyclic) bond motifs is 5. The number of hydrogen-bond donors (Lipinski definition) is 0. The molecule has 0 heteroatoms. The minimum Gasteiger partial charge on any atom is -0.0651 e. The molecule has 0 aromatic carbocycles. The maximum absolute atomic E-state index is 2.76. The van der Waals surface area contributed by atoms with Gasteiger partial charge in [0, 0.05) is 0 Å². The van der Waals surface area contributed by atoms with Gasteiger partial charge in [-0.05, 0) is 104 Å². The van der Waals surface area contributed by atoms with Gasteiger partial charge in [-0.15, -0.1) is 0 Å². The molecule has 4 saturated carbocycles. The lowest BCUT2D eigenvalue weighted by Gasteiger charge is -2.61. The Balaban J connectivity index is 1.43. The molecule has 0 spiro atoms. The fourth-order valence-corrected chi connectivity index (χ4v) is 9.46. The van der Waals surface area contributed by atoms with Gasteiger partial charge < -0.3 is 0 Å². The van der Waals surface area contributed by atoms with E-state index in [9.17, 15) is 0 Å². The van der Waals surface area contributed by atoms with Gasteiger partial charge in [0.25, 0.3) is 0 Å². The van der Waals surface area contributed by atoms with Crippen LogP contribution in [0.3, 0.4) is 0 Å². The molecule has 0 saturated heterocycles. The number of hydrogen-bond acceptors (Lipinski definition) is 0. The van der Waals surface area contributed by atoms with E-state index in [1.54, 1.807) is 51.4 Å². The Morgan fingerprint density at radius 1 is 0.786 bits per heavy atom. The summed E-state index contributed by atoms with van der Waals surface area (Å²) in [6.45, 7) is 12.9. The van der Waals surface area contributed by atoms with Gasteiger partial charge in [0.2, 0.25) is 0 Å². The standard InChI is InChI=1S/C28H50/c1-6-20(2)10-9-11-21(3)24-15-16-25-23-14-13-22-12-7-8-18-27(22,4)26(23)17-19-28(24,25)5/h20-26H,6-19H2,1-5H3/t20?,21-,22?,23+,24-,25+,26+,27+,28-/m1/s1. The summed E-state index contributed by atoms with van der Waals surface area (Å²) < 4.78 is 0.